The minimum Gasteiger partial charge on any atom is -0.317 e. The molecule has 0 radical (unpaired) electrons. The van der Waals surface area contributed by atoms with Crippen LogP contribution in [0.15, 0.2) is 24.3 Å². The molecule has 1 aliphatic rings. The van der Waals surface area contributed by atoms with E-state index in [0.717, 1.165) is 0 Å². The number of benzene rings is 1. The molecule has 1 aromatic rings. The molecule has 2 rings (SSSR count). The Labute approximate surface area is 112 Å². The zero-order chi connectivity index (χ0) is 11.5. The van der Waals surface area contributed by atoms with Gasteiger partial charge in [0.2, 0.25) is 0 Å². The first-order chi connectivity index (χ1) is 7.70. The Morgan fingerprint density at radius 3 is 2.62 bits per heavy atom. The van der Waals surface area contributed by atoms with Crippen molar-refractivity contribution in [2.75, 3.05) is 20.6 Å². The summed E-state index contributed by atoms with van der Waals surface area (Å²) in [4.78, 5) is 2.47. The Morgan fingerprint density at radius 1 is 1.31 bits per heavy atom. The molecule has 0 aromatic heterocycles. The molecule has 1 aromatic carbocycles. The van der Waals surface area contributed by atoms with E-state index in [1.807, 2.05) is 0 Å². The van der Waals surface area contributed by atoms with E-state index in [1.54, 1.807) is 0 Å². The Bertz CT molecular complexity index is 336. The summed E-state index contributed by atoms with van der Waals surface area (Å²) >= 11 is 2.36. The highest BCUT2D eigenvalue weighted by molar-refractivity contribution is 14.1. The van der Waals surface area contributed by atoms with Gasteiger partial charge in [0.25, 0.3) is 0 Å². The summed E-state index contributed by atoms with van der Waals surface area (Å²) in [6, 6.07) is 10.2. The molecule has 0 spiro atoms. The number of rotatable bonds is 2. The summed E-state index contributed by atoms with van der Waals surface area (Å²) < 4.78 is 1.31. The van der Waals surface area contributed by atoms with Gasteiger partial charge in [-0.3, -0.25) is 4.90 Å². The van der Waals surface area contributed by atoms with Gasteiger partial charge in [-0.1, -0.05) is 12.1 Å². The molecule has 2 unspecified atom stereocenters. The molecule has 0 aliphatic carbocycles. The number of nitrogens with zero attached hydrogens (tertiary/aromatic N) is 1. The average molecular weight is 330 g/mol. The van der Waals surface area contributed by atoms with Crippen molar-refractivity contribution in [3.63, 3.8) is 0 Å². The van der Waals surface area contributed by atoms with Crippen LogP contribution in [-0.2, 0) is 0 Å². The Balaban J connectivity index is 2.14. The molecule has 2 nitrogen and oxygen atoms in total. The third-order valence-corrected chi connectivity index (χ3v) is 4.25. The van der Waals surface area contributed by atoms with Crippen molar-refractivity contribution in [3.8, 4) is 0 Å². The zero-order valence-corrected chi connectivity index (χ0v) is 12.1. The van der Waals surface area contributed by atoms with Crippen molar-refractivity contribution in [2.45, 2.75) is 24.9 Å². The van der Waals surface area contributed by atoms with E-state index < -0.39 is 0 Å². The quantitative estimate of drug-likeness (QED) is 0.839. The first-order valence-corrected chi connectivity index (χ1v) is 6.91. The molecular formula is C13H19IN2. The summed E-state index contributed by atoms with van der Waals surface area (Å²) in [6.07, 6.45) is 2.47. The second-order valence-electron chi connectivity index (χ2n) is 4.56. The van der Waals surface area contributed by atoms with Gasteiger partial charge in [0.15, 0.2) is 0 Å². The second-order valence-corrected chi connectivity index (χ2v) is 5.80. The average Bonchev–Trinajstić information content (AvgIpc) is 2.31. The van der Waals surface area contributed by atoms with Crippen LogP contribution in [0.2, 0.25) is 0 Å². The van der Waals surface area contributed by atoms with Crippen LogP contribution >= 0.6 is 22.6 Å². The molecule has 2 atom stereocenters. The van der Waals surface area contributed by atoms with Gasteiger partial charge < -0.3 is 5.32 Å². The van der Waals surface area contributed by atoms with Gasteiger partial charge >= 0.3 is 0 Å². The summed E-state index contributed by atoms with van der Waals surface area (Å²) in [5, 5.41) is 3.41. The fourth-order valence-corrected chi connectivity index (χ4v) is 2.78. The number of piperidine rings is 1. The van der Waals surface area contributed by atoms with Gasteiger partial charge in [-0.2, -0.15) is 0 Å². The number of hydrogen-bond donors (Lipinski definition) is 1. The van der Waals surface area contributed by atoms with Gasteiger partial charge in [-0.15, -0.1) is 0 Å². The van der Waals surface area contributed by atoms with Gasteiger partial charge in [0, 0.05) is 15.7 Å². The fraction of sp³-hybridized carbons (Fsp3) is 0.538. The Morgan fingerprint density at radius 2 is 2.00 bits per heavy atom. The van der Waals surface area contributed by atoms with E-state index in [0.29, 0.717) is 12.1 Å². The van der Waals surface area contributed by atoms with Gasteiger partial charge in [-0.05, 0) is 73.8 Å². The maximum absolute atomic E-state index is 3.41. The summed E-state index contributed by atoms with van der Waals surface area (Å²) in [6.45, 7) is 1.18. The van der Waals surface area contributed by atoms with Crippen molar-refractivity contribution in [3.05, 3.63) is 33.4 Å². The lowest BCUT2D eigenvalue weighted by Crippen LogP contribution is -2.41. The second kappa shape index (κ2) is 5.47. The largest absolute Gasteiger partial charge is 0.317 e. The van der Waals surface area contributed by atoms with Crippen LogP contribution in [0.5, 0.6) is 0 Å². The maximum Gasteiger partial charge on any atom is 0.0359 e. The van der Waals surface area contributed by atoms with Crippen molar-refractivity contribution in [1.82, 2.24) is 10.2 Å². The van der Waals surface area contributed by atoms with Gasteiger partial charge in [0.1, 0.15) is 0 Å². The van der Waals surface area contributed by atoms with E-state index in [-0.39, 0.29) is 0 Å². The smallest absolute Gasteiger partial charge is 0.0359 e. The third-order valence-electron chi connectivity index (χ3n) is 3.53. The van der Waals surface area contributed by atoms with Crippen LogP contribution < -0.4 is 5.32 Å². The Kier molecular flexibility index (Phi) is 4.21. The first kappa shape index (κ1) is 12.3. The molecule has 1 saturated heterocycles. The van der Waals surface area contributed by atoms with Crippen LogP contribution in [0.3, 0.4) is 0 Å². The molecule has 1 N–H and O–H groups in total. The molecule has 3 heteroatoms. The topological polar surface area (TPSA) is 15.3 Å². The number of likely N-dealkylation sites (tertiary alicyclic amines) is 1. The van der Waals surface area contributed by atoms with Crippen LogP contribution in [0, 0.1) is 3.57 Å². The van der Waals surface area contributed by atoms with E-state index >= 15 is 0 Å². The van der Waals surface area contributed by atoms with Gasteiger partial charge in [-0.25, -0.2) is 0 Å². The maximum atomic E-state index is 3.41. The van der Waals surface area contributed by atoms with Crippen molar-refractivity contribution in [2.24, 2.45) is 0 Å². The molecule has 1 fully saturated rings. The normalized spacial score (nSPS) is 26.9. The highest BCUT2D eigenvalue weighted by atomic mass is 127. The number of nitrogens with one attached hydrogen (secondary N) is 1. The molecule has 16 heavy (non-hydrogen) atoms. The molecule has 0 bridgehead atoms. The van der Waals surface area contributed by atoms with Crippen molar-refractivity contribution >= 4 is 22.6 Å². The lowest BCUT2D eigenvalue weighted by Gasteiger charge is -2.37. The van der Waals surface area contributed by atoms with Gasteiger partial charge in [0.05, 0.1) is 0 Å². The molecule has 0 saturated carbocycles. The third kappa shape index (κ3) is 2.76. The molecule has 1 aliphatic heterocycles. The minimum atomic E-state index is 0.572. The summed E-state index contributed by atoms with van der Waals surface area (Å²) in [5.41, 5.74) is 1.45. The Hall–Kier alpha value is -0.130. The predicted molar refractivity (Wildman–Crippen MR) is 76.6 cm³/mol. The van der Waals surface area contributed by atoms with Crippen molar-refractivity contribution in [1.29, 1.82) is 0 Å². The van der Waals surface area contributed by atoms with E-state index in [1.165, 1.54) is 28.5 Å². The number of halogens is 1. The highest BCUT2D eigenvalue weighted by Crippen LogP contribution is 2.29. The lowest BCUT2D eigenvalue weighted by atomic mass is 9.92. The van der Waals surface area contributed by atoms with Crippen LogP contribution in [0.4, 0.5) is 0 Å². The summed E-state index contributed by atoms with van der Waals surface area (Å²) in [7, 11) is 4.30. The van der Waals surface area contributed by atoms with E-state index in [9.17, 15) is 0 Å². The van der Waals surface area contributed by atoms with Crippen LogP contribution in [0.25, 0.3) is 0 Å². The van der Waals surface area contributed by atoms with Crippen LogP contribution in [-0.4, -0.2) is 31.6 Å². The predicted octanol–water partition coefficient (Wildman–Crippen LogP) is 2.65. The first-order valence-electron chi connectivity index (χ1n) is 5.83. The molecule has 88 valence electrons. The van der Waals surface area contributed by atoms with Crippen LogP contribution in [0.1, 0.15) is 24.4 Å². The zero-order valence-electron chi connectivity index (χ0n) is 9.91. The monoisotopic (exact) mass is 330 g/mol. The molecule has 0 amide bonds. The van der Waals surface area contributed by atoms with Crippen molar-refractivity contribution < 1.29 is 0 Å². The standard InChI is InChI=1S/C13H19IN2/c1-15-12-7-8-16(2)13(9-12)10-3-5-11(14)6-4-10/h3-6,12-13,15H,7-9H2,1-2H3. The lowest BCUT2D eigenvalue weighted by molar-refractivity contribution is 0.160. The molecular weight excluding hydrogens is 311 g/mol. The molecule has 1 heterocycles. The highest BCUT2D eigenvalue weighted by Gasteiger charge is 2.25. The van der Waals surface area contributed by atoms with E-state index in [2.05, 4.69) is 71.2 Å². The minimum absolute atomic E-state index is 0.572. The fourth-order valence-electron chi connectivity index (χ4n) is 2.42. The number of hydrogen-bond acceptors (Lipinski definition) is 2. The SMILES string of the molecule is CNC1CCN(C)C(c2ccc(I)cc2)C1. The summed E-state index contributed by atoms with van der Waals surface area (Å²) in [5.74, 6) is 0. The van der Waals surface area contributed by atoms with E-state index in [4.69, 9.17) is 0 Å².